The van der Waals surface area contributed by atoms with E-state index in [4.69, 9.17) is 4.42 Å². The lowest BCUT2D eigenvalue weighted by Crippen LogP contribution is -2.26. The van der Waals surface area contributed by atoms with Gasteiger partial charge in [0.05, 0.1) is 18.0 Å². The minimum absolute atomic E-state index is 0.101. The molecule has 1 aromatic carbocycles. The van der Waals surface area contributed by atoms with Gasteiger partial charge in [0.2, 0.25) is 5.89 Å². The summed E-state index contributed by atoms with van der Waals surface area (Å²) in [5.74, 6) is 1.49. The van der Waals surface area contributed by atoms with Crippen molar-refractivity contribution in [3.8, 4) is 10.8 Å². The zero-order valence-electron chi connectivity index (χ0n) is 12.4. The Bertz CT molecular complexity index is 708. The van der Waals surface area contributed by atoms with Crippen LogP contribution >= 0.6 is 11.3 Å². The Hall–Kier alpha value is -2.11. The summed E-state index contributed by atoms with van der Waals surface area (Å²) in [6.45, 7) is 3.21. The van der Waals surface area contributed by atoms with E-state index in [2.05, 4.69) is 9.88 Å². The number of aliphatic hydroxyl groups is 1. The molecule has 114 valence electrons. The molecule has 3 rings (SSSR count). The summed E-state index contributed by atoms with van der Waals surface area (Å²) in [5, 5.41) is 11.3. The first-order valence-corrected chi connectivity index (χ1v) is 8.07. The molecule has 4 nitrogen and oxygen atoms in total. The number of aromatic nitrogens is 1. The fraction of sp³-hybridized carbons (Fsp3) is 0.235. The first-order chi connectivity index (χ1) is 10.8. The molecule has 2 heterocycles. The Balaban J connectivity index is 1.84. The number of aliphatic hydroxyl groups excluding tert-OH is 1. The number of hydrogen-bond acceptors (Lipinski definition) is 5. The quantitative estimate of drug-likeness (QED) is 0.753. The van der Waals surface area contributed by atoms with Crippen LogP contribution in [0.15, 0.2) is 52.3 Å². The molecule has 2 aromatic heterocycles. The highest BCUT2D eigenvalue weighted by Gasteiger charge is 2.15. The Morgan fingerprint density at radius 1 is 1.18 bits per heavy atom. The standard InChI is InChI=1S/C17H18N2O2S/c1-13-15(18-17(21-13)16-8-5-11-22-16)12-19(9-10-20)14-6-3-2-4-7-14/h2-8,11,20H,9-10,12H2,1H3. The van der Waals surface area contributed by atoms with Crippen molar-refractivity contribution in [3.63, 3.8) is 0 Å². The lowest BCUT2D eigenvalue weighted by Gasteiger charge is -2.23. The van der Waals surface area contributed by atoms with E-state index >= 15 is 0 Å². The number of aryl methyl sites for hydroxylation is 1. The molecule has 3 aromatic rings. The molecule has 0 amide bonds. The molecule has 0 saturated heterocycles. The normalized spacial score (nSPS) is 10.8. The lowest BCUT2D eigenvalue weighted by atomic mass is 10.2. The lowest BCUT2D eigenvalue weighted by molar-refractivity contribution is 0.301. The second-order valence-corrected chi connectivity index (χ2v) is 5.93. The first kappa shape index (κ1) is 14.8. The predicted molar refractivity (Wildman–Crippen MR) is 89.1 cm³/mol. The summed E-state index contributed by atoms with van der Waals surface area (Å²) in [4.78, 5) is 7.75. The maximum atomic E-state index is 9.32. The van der Waals surface area contributed by atoms with Gasteiger partial charge in [0.1, 0.15) is 11.5 Å². The van der Waals surface area contributed by atoms with Crippen molar-refractivity contribution in [2.45, 2.75) is 13.5 Å². The van der Waals surface area contributed by atoms with Crippen LogP contribution in [0, 0.1) is 6.92 Å². The third-order valence-corrected chi connectivity index (χ3v) is 4.31. The molecule has 5 heteroatoms. The molecular formula is C17H18N2O2S. The maximum absolute atomic E-state index is 9.32. The Labute approximate surface area is 133 Å². The van der Waals surface area contributed by atoms with Crippen molar-refractivity contribution >= 4 is 17.0 Å². The summed E-state index contributed by atoms with van der Waals surface area (Å²) in [5.41, 5.74) is 1.97. The molecule has 0 unspecified atom stereocenters. The van der Waals surface area contributed by atoms with E-state index in [0.29, 0.717) is 19.0 Å². The number of thiophene rings is 1. The van der Waals surface area contributed by atoms with Crippen molar-refractivity contribution in [1.29, 1.82) is 0 Å². The fourth-order valence-electron chi connectivity index (χ4n) is 2.32. The Morgan fingerprint density at radius 3 is 2.68 bits per heavy atom. The van der Waals surface area contributed by atoms with Crippen molar-refractivity contribution in [2.75, 3.05) is 18.1 Å². The van der Waals surface area contributed by atoms with Gasteiger partial charge in [-0.05, 0) is 30.5 Å². The van der Waals surface area contributed by atoms with E-state index in [1.165, 1.54) is 0 Å². The van der Waals surface area contributed by atoms with Gasteiger partial charge in [0.25, 0.3) is 0 Å². The molecular weight excluding hydrogens is 296 g/mol. The molecule has 0 aliphatic carbocycles. The highest BCUT2D eigenvalue weighted by molar-refractivity contribution is 7.13. The van der Waals surface area contributed by atoms with E-state index < -0.39 is 0 Å². The average Bonchev–Trinajstić information content (AvgIpc) is 3.18. The molecule has 0 radical (unpaired) electrons. The van der Waals surface area contributed by atoms with Crippen LogP contribution in [0.2, 0.25) is 0 Å². The smallest absolute Gasteiger partial charge is 0.236 e. The number of benzene rings is 1. The van der Waals surface area contributed by atoms with Crippen LogP contribution in [0.5, 0.6) is 0 Å². The van der Waals surface area contributed by atoms with Gasteiger partial charge in [-0.1, -0.05) is 24.3 Å². The highest BCUT2D eigenvalue weighted by atomic mass is 32.1. The molecule has 0 spiro atoms. The van der Waals surface area contributed by atoms with E-state index in [1.807, 2.05) is 54.8 Å². The number of nitrogens with zero attached hydrogens (tertiary/aromatic N) is 2. The van der Waals surface area contributed by atoms with Gasteiger partial charge in [-0.2, -0.15) is 0 Å². The Kier molecular flexibility index (Phi) is 4.56. The van der Waals surface area contributed by atoms with Gasteiger partial charge >= 0.3 is 0 Å². The Morgan fingerprint density at radius 2 is 2.00 bits per heavy atom. The third-order valence-electron chi connectivity index (χ3n) is 3.46. The van der Waals surface area contributed by atoms with Gasteiger partial charge in [-0.25, -0.2) is 4.98 Å². The molecule has 0 saturated carbocycles. The minimum atomic E-state index is 0.101. The SMILES string of the molecule is Cc1oc(-c2cccs2)nc1CN(CCO)c1ccccc1. The molecule has 1 N–H and O–H groups in total. The van der Waals surface area contributed by atoms with Gasteiger partial charge in [0, 0.05) is 12.2 Å². The number of anilines is 1. The summed E-state index contributed by atoms with van der Waals surface area (Å²) in [6.07, 6.45) is 0. The average molecular weight is 314 g/mol. The van der Waals surface area contributed by atoms with E-state index in [9.17, 15) is 5.11 Å². The first-order valence-electron chi connectivity index (χ1n) is 7.19. The van der Waals surface area contributed by atoms with Crippen LogP contribution in [0.1, 0.15) is 11.5 Å². The monoisotopic (exact) mass is 314 g/mol. The fourth-order valence-corrected chi connectivity index (χ4v) is 2.97. The number of oxazole rings is 1. The zero-order valence-corrected chi connectivity index (χ0v) is 13.2. The molecule has 0 aliphatic rings. The number of rotatable bonds is 6. The molecule has 0 aliphatic heterocycles. The topological polar surface area (TPSA) is 49.5 Å². The van der Waals surface area contributed by atoms with E-state index in [1.54, 1.807) is 11.3 Å². The minimum Gasteiger partial charge on any atom is -0.440 e. The van der Waals surface area contributed by atoms with Crippen LogP contribution in [0.25, 0.3) is 10.8 Å². The van der Waals surface area contributed by atoms with Crippen LogP contribution < -0.4 is 4.90 Å². The van der Waals surface area contributed by atoms with Crippen LogP contribution in [-0.4, -0.2) is 23.2 Å². The van der Waals surface area contributed by atoms with Crippen LogP contribution in [-0.2, 0) is 6.54 Å². The van der Waals surface area contributed by atoms with Gasteiger partial charge in [-0.15, -0.1) is 11.3 Å². The summed E-state index contributed by atoms with van der Waals surface area (Å²) in [7, 11) is 0. The second-order valence-electron chi connectivity index (χ2n) is 4.98. The molecule has 0 bridgehead atoms. The summed E-state index contributed by atoms with van der Waals surface area (Å²) in [6, 6.07) is 14.0. The largest absolute Gasteiger partial charge is 0.440 e. The van der Waals surface area contributed by atoms with Crippen molar-refractivity contribution in [2.24, 2.45) is 0 Å². The zero-order chi connectivity index (χ0) is 15.4. The second kappa shape index (κ2) is 6.77. The third kappa shape index (κ3) is 3.21. The maximum Gasteiger partial charge on any atom is 0.236 e. The summed E-state index contributed by atoms with van der Waals surface area (Å²) < 4.78 is 5.78. The molecule has 0 fully saturated rings. The van der Waals surface area contributed by atoms with Gasteiger partial charge in [-0.3, -0.25) is 0 Å². The molecule has 22 heavy (non-hydrogen) atoms. The summed E-state index contributed by atoms with van der Waals surface area (Å²) >= 11 is 1.61. The van der Waals surface area contributed by atoms with Crippen molar-refractivity contribution in [3.05, 3.63) is 59.3 Å². The van der Waals surface area contributed by atoms with Gasteiger partial charge in [0.15, 0.2) is 0 Å². The number of para-hydroxylation sites is 1. The number of hydrogen-bond donors (Lipinski definition) is 1. The highest BCUT2D eigenvalue weighted by Crippen LogP contribution is 2.27. The van der Waals surface area contributed by atoms with Gasteiger partial charge < -0.3 is 14.4 Å². The van der Waals surface area contributed by atoms with Crippen LogP contribution in [0.3, 0.4) is 0 Å². The predicted octanol–water partition coefficient (Wildman–Crippen LogP) is 3.71. The van der Waals surface area contributed by atoms with E-state index in [0.717, 1.165) is 22.0 Å². The molecule has 0 atom stereocenters. The van der Waals surface area contributed by atoms with Crippen molar-refractivity contribution in [1.82, 2.24) is 4.98 Å². The van der Waals surface area contributed by atoms with Crippen LogP contribution in [0.4, 0.5) is 5.69 Å². The van der Waals surface area contributed by atoms with E-state index in [-0.39, 0.29) is 6.61 Å². The van der Waals surface area contributed by atoms with Crippen molar-refractivity contribution < 1.29 is 9.52 Å².